The first-order chi connectivity index (χ1) is 20.1. The molecule has 3 heterocycles. The van der Waals surface area contributed by atoms with Crippen LogP contribution in [0.5, 0.6) is 11.5 Å². The highest BCUT2D eigenvalue weighted by atomic mass is 32.2. The molecule has 0 unspecified atom stereocenters. The number of thiazole rings is 1. The lowest BCUT2D eigenvalue weighted by Gasteiger charge is -2.30. The van der Waals surface area contributed by atoms with Crippen molar-refractivity contribution in [1.29, 1.82) is 0 Å². The van der Waals surface area contributed by atoms with E-state index < -0.39 is 46.3 Å². The Labute approximate surface area is 246 Å². The lowest BCUT2D eigenvalue weighted by atomic mass is 9.83. The highest BCUT2D eigenvalue weighted by molar-refractivity contribution is 8.00. The predicted molar refractivity (Wildman–Crippen MR) is 152 cm³/mol. The molecule has 3 atom stereocenters. The molecule has 4 aromatic rings. The molecule has 7 nitrogen and oxygen atoms in total. The van der Waals surface area contributed by atoms with Crippen LogP contribution in [-0.2, 0) is 22.4 Å². The summed E-state index contributed by atoms with van der Waals surface area (Å²) in [5.41, 5.74) is 1.03. The standard InChI is InChI=1S/C30H23F3N2O5S2/c1-15-7-3-4-8-17(15)14-40-20-12-11-16(13-21(20)39-2)22-23-25(41-26-24(22)42-29(38)34-26)28(37)35(27(23)36)19-10-6-5-9-18(19)30(31,32)33/h3-13,22-23,25H,14H2,1-2H3,(H,34,38)/t22-,23-,25+/m0/s1. The Balaban J connectivity index is 1.40. The molecule has 2 amide bonds. The maximum Gasteiger partial charge on any atom is 0.418 e. The van der Waals surface area contributed by atoms with E-state index in [4.69, 9.17) is 9.47 Å². The van der Waals surface area contributed by atoms with E-state index in [1.54, 1.807) is 18.2 Å². The van der Waals surface area contributed by atoms with Crippen molar-refractivity contribution in [3.63, 3.8) is 0 Å². The Bertz CT molecular complexity index is 1770. The number of nitrogens with one attached hydrogen (secondary N) is 1. The molecule has 0 radical (unpaired) electrons. The Hall–Kier alpha value is -4.03. The summed E-state index contributed by atoms with van der Waals surface area (Å²) in [5.74, 6) is -2.54. The number of aromatic nitrogens is 1. The van der Waals surface area contributed by atoms with Gasteiger partial charge >= 0.3 is 11.0 Å². The van der Waals surface area contributed by atoms with Gasteiger partial charge in [0.15, 0.2) is 11.5 Å². The predicted octanol–water partition coefficient (Wildman–Crippen LogP) is 6.15. The van der Waals surface area contributed by atoms with Crippen LogP contribution in [0.3, 0.4) is 0 Å². The third-order valence-electron chi connectivity index (χ3n) is 7.47. The van der Waals surface area contributed by atoms with E-state index in [-0.39, 0.29) is 11.5 Å². The second-order valence-electron chi connectivity index (χ2n) is 9.90. The van der Waals surface area contributed by atoms with Crippen LogP contribution in [0.4, 0.5) is 18.9 Å². The normalized spacial score (nSPS) is 19.9. The fourth-order valence-corrected chi connectivity index (χ4v) is 7.96. The van der Waals surface area contributed by atoms with Gasteiger partial charge in [0.25, 0.3) is 0 Å². The number of hydrogen-bond acceptors (Lipinski definition) is 7. The smallest absolute Gasteiger partial charge is 0.418 e. The van der Waals surface area contributed by atoms with Crippen molar-refractivity contribution in [3.05, 3.63) is 104 Å². The third-order valence-corrected chi connectivity index (χ3v) is 9.87. The van der Waals surface area contributed by atoms with Crippen LogP contribution in [0, 0.1) is 12.8 Å². The number of methoxy groups -OCH3 is 1. The third kappa shape index (κ3) is 4.78. The summed E-state index contributed by atoms with van der Waals surface area (Å²) in [5, 5.41) is -0.619. The molecular formula is C30H23F3N2O5S2. The van der Waals surface area contributed by atoms with Gasteiger partial charge in [0.2, 0.25) is 11.8 Å². The van der Waals surface area contributed by atoms with E-state index in [1.165, 1.54) is 19.2 Å². The van der Waals surface area contributed by atoms with Crippen LogP contribution in [0.15, 0.2) is 76.6 Å². The van der Waals surface area contributed by atoms with Gasteiger partial charge in [0, 0.05) is 10.8 Å². The van der Waals surface area contributed by atoms with Gasteiger partial charge in [-0.2, -0.15) is 13.2 Å². The van der Waals surface area contributed by atoms with Crippen LogP contribution >= 0.6 is 23.1 Å². The number of thioether (sulfide) groups is 1. The summed E-state index contributed by atoms with van der Waals surface area (Å²) in [6.07, 6.45) is -4.78. The topological polar surface area (TPSA) is 88.7 Å². The number of para-hydroxylation sites is 1. The number of anilines is 1. The van der Waals surface area contributed by atoms with Crippen molar-refractivity contribution < 1.29 is 32.2 Å². The number of amides is 2. The highest BCUT2D eigenvalue weighted by Crippen LogP contribution is 2.54. The molecule has 1 saturated heterocycles. The van der Waals surface area contributed by atoms with Crippen LogP contribution in [0.25, 0.3) is 0 Å². The van der Waals surface area contributed by atoms with Gasteiger partial charge in [-0.1, -0.05) is 65.6 Å². The molecule has 12 heteroatoms. The summed E-state index contributed by atoms with van der Waals surface area (Å²) < 4.78 is 53.3. The number of benzene rings is 3. The summed E-state index contributed by atoms with van der Waals surface area (Å²) in [7, 11) is 1.47. The Morgan fingerprint density at radius 3 is 2.43 bits per heavy atom. The Kier molecular flexibility index (Phi) is 7.14. The molecular weight excluding hydrogens is 589 g/mol. The average molecular weight is 613 g/mol. The van der Waals surface area contributed by atoms with Crippen LogP contribution in [0.1, 0.15) is 33.0 Å². The second-order valence-corrected chi connectivity index (χ2v) is 12.1. The zero-order chi connectivity index (χ0) is 29.8. The number of alkyl halides is 3. The number of hydrogen-bond donors (Lipinski definition) is 1. The van der Waals surface area contributed by atoms with E-state index >= 15 is 0 Å². The fourth-order valence-electron chi connectivity index (χ4n) is 5.45. The summed E-state index contributed by atoms with van der Waals surface area (Å²) in [6, 6.07) is 17.4. The molecule has 6 rings (SSSR count). The zero-order valence-electron chi connectivity index (χ0n) is 22.2. The first kappa shape index (κ1) is 28.1. The van der Waals surface area contributed by atoms with Gasteiger partial charge in [-0.05, 0) is 47.9 Å². The number of carbonyl (C=O) groups is 2. The molecule has 2 aliphatic heterocycles. The number of fused-ring (bicyclic) bond motifs is 2. The molecule has 1 fully saturated rings. The number of imide groups is 1. The summed E-state index contributed by atoms with van der Waals surface area (Å²) in [4.78, 5) is 43.5. The molecule has 0 saturated carbocycles. The second kappa shape index (κ2) is 10.7. The summed E-state index contributed by atoms with van der Waals surface area (Å²) >= 11 is 1.91. The SMILES string of the molecule is COc1cc([C@@H]2c3sc(=O)[nH]c3S[C@H]3C(=O)N(c4ccccc4C(F)(F)F)C(=O)[C@@H]23)ccc1OCc1ccccc1C. The summed E-state index contributed by atoms with van der Waals surface area (Å²) in [6.45, 7) is 2.27. The molecule has 1 N–H and O–H groups in total. The average Bonchev–Trinajstić information content (AvgIpc) is 3.46. The minimum Gasteiger partial charge on any atom is -0.493 e. The van der Waals surface area contributed by atoms with E-state index in [9.17, 15) is 27.6 Å². The van der Waals surface area contributed by atoms with Gasteiger partial charge in [0.05, 0.1) is 29.3 Å². The van der Waals surface area contributed by atoms with Crippen LogP contribution in [0.2, 0.25) is 0 Å². The van der Waals surface area contributed by atoms with Crippen molar-refractivity contribution in [2.45, 2.75) is 35.9 Å². The molecule has 216 valence electrons. The van der Waals surface area contributed by atoms with Crippen molar-refractivity contribution in [3.8, 4) is 11.5 Å². The molecule has 2 aliphatic rings. The van der Waals surface area contributed by atoms with Crippen molar-refractivity contribution >= 4 is 40.6 Å². The molecule has 0 aliphatic carbocycles. The van der Waals surface area contributed by atoms with Gasteiger partial charge < -0.3 is 14.5 Å². The lowest BCUT2D eigenvalue weighted by molar-refractivity contribution is -0.137. The molecule has 1 aromatic heterocycles. The quantitative estimate of drug-likeness (QED) is 0.263. The van der Waals surface area contributed by atoms with Crippen molar-refractivity contribution in [1.82, 2.24) is 4.98 Å². The molecule has 3 aromatic carbocycles. The zero-order valence-corrected chi connectivity index (χ0v) is 23.9. The first-order valence-corrected chi connectivity index (χ1v) is 14.6. The lowest BCUT2D eigenvalue weighted by Crippen LogP contribution is -2.33. The number of rotatable bonds is 6. The molecule has 0 spiro atoms. The number of H-pyrrole nitrogens is 1. The number of nitrogens with zero attached hydrogens (tertiary/aromatic N) is 1. The molecule has 42 heavy (non-hydrogen) atoms. The molecule has 0 bridgehead atoms. The Morgan fingerprint density at radius 2 is 1.69 bits per heavy atom. The number of carbonyl (C=O) groups excluding carboxylic acids is 2. The van der Waals surface area contributed by atoms with Crippen LogP contribution in [-0.4, -0.2) is 29.2 Å². The van der Waals surface area contributed by atoms with E-state index in [1.807, 2.05) is 31.2 Å². The van der Waals surface area contributed by atoms with E-state index in [0.717, 1.165) is 46.4 Å². The highest BCUT2D eigenvalue weighted by Gasteiger charge is 2.57. The number of aryl methyl sites for hydroxylation is 1. The number of halogens is 3. The van der Waals surface area contributed by atoms with Crippen molar-refractivity contribution in [2.24, 2.45) is 5.92 Å². The van der Waals surface area contributed by atoms with Gasteiger partial charge in [-0.3, -0.25) is 14.4 Å². The van der Waals surface area contributed by atoms with E-state index in [2.05, 4.69) is 4.98 Å². The monoisotopic (exact) mass is 612 g/mol. The van der Waals surface area contributed by atoms with Crippen LogP contribution < -0.4 is 19.2 Å². The van der Waals surface area contributed by atoms with Crippen molar-refractivity contribution in [2.75, 3.05) is 12.0 Å². The fraction of sp³-hybridized carbons (Fsp3) is 0.233. The maximum absolute atomic E-state index is 13.9. The van der Waals surface area contributed by atoms with Gasteiger partial charge in [0.1, 0.15) is 11.9 Å². The largest absolute Gasteiger partial charge is 0.493 e. The van der Waals surface area contributed by atoms with Gasteiger partial charge in [-0.25, -0.2) is 4.90 Å². The van der Waals surface area contributed by atoms with Gasteiger partial charge in [-0.15, -0.1) is 0 Å². The minimum absolute atomic E-state index is 0.289. The maximum atomic E-state index is 13.9. The minimum atomic E-state index is -4.78. The van der Waals surface area contributed by atoms with E-state index in [0.29, 0.717) is 31.9 Å². The first-order valence-electron chi connectivity index (χ1n) is 12.9. The Morgan fingerprint density at radius 1 is 0.952 bits per heavy atom. The number of aromatic amines is 1. The number of ether oxygens (including phenoxy) is 2.